The van der Waals surface area contributed by atoms with Crippen molar-refractivity contribution in [3.63, 3.8) is 0 Å². The second-order valence-corrected chi connectivity index (χ2v) is 5.56. The van der Waals surface area contributed by atoms with Gasteiger partial charge in [0.2, 0.25) is 0 Å². The number of rotatable bonds is 5. The van der Waals surface area contributed by atoms with Crippen molar-refractivity contribution in [1.82, 2.24) is 0 Å². The third kappa shape index (κ3) is 6.00. The van der Waals surface area contributed by atoms with E-state index in [9.17, 15) is 0 Å². The summed E-state index contributed by atoms with van der Waals surface area (Å²) in [5.41, 5.74) is 1.36. The molecule has 0 spiro atoms. The van der Waals surface area contributed by atoms with E-state index in [-0.39, 0.29) is 11.2 Å². The van der Waals surface area contributed by atoms with Crippen molar-refractivity contribution >= 4 is 0 Å². The van der Waals surface area contributed by atoms with E-state index in [1.165, 1.54) is 5.56 Å². The monoisotopic (exact) mass is 234 g/mol. The minimum atomic E-state index is 0.174. The molecule has 0 fully saturated rings. The number of aryl methyl sites for hydroxylation is 1. The average Bonchev–Trinajstić information content (AvgIpc) is 2.24. The molecule has 0 aliphatic carbocycles. The number of benzene rings is 1. The fourth-order valence-corrected chi connectivity index (χ4v) is 1.34. The lowest BCUT2D eigenvalue weighted by atomic mass is 9.99. The van der Waals surface area contributed by atoms with Crippen molar-refractivity contribution in [2.45, 2.75) is 33.6 Å². The molecule has 1 rings (SSSR count). The van der Waals surface area contributed by atoms with Gasteiger partial charge in [-0.15, -0.1) is 0 Å². The summed E-state index contributed by atoms with van der Waals surface area (Å²) in [6, 6.07) is 8.00. The quantitative estimate of drug-likeness (QED) is 0.777. The number of aliphatic hydroxyl groups is 1. The van der Waals surface area contributed by atoms with Crippen molar-refractivity contribution in [1.29, 1.82) is 0 Å². The molecule has 0 amide bonds. The molecule has 2 heteroatoms. The van der Waals surface area contributed by atoms with E-state index in [0.717, 1.165) is 12.2 Å². The first kappa shape index (κ1) is 13.6. The van der Waals surface area contributed by atoms with Crippen LogP contribution in [0.5, 0.6) is 5.75 Å². The maximum absolute atomic E-state index is 9.02. The molecular weight excluding hydrogens is 212 g/mol. The Morgan fingerprint density at radius 2 is 1.82 bits per heavy atom. The first-order valence-corrected chi connectivity index (χ1v) is 5.95. The van der Waals surface area contributed by atoms with Crippen molar-refractivity contribution in [2.75, 3.05) is 6.61 Å². The van der Waals surface area contributed by atoms with Crippen LogP contribution in [0.3, 0.4) is 0 Å². The van der Waals surface area contributed by atoms with Crippen LogP contribution in [0, 0.1) is 5.41 Å². The first-order valence-electron chi connectivity index (χ1n) is 5.95. The summed E-state index contributed by atoms with van der Waals surface area (Å²) in [5.74, 6) is 1.13. The van der Waals surface area contributed by atoms with Gasteiger partial charge in [0.25, 0.3) is 0 Å². The molecule has 0 aliphatic heterocycles. The van der Waals surface area contributed by atoms with E-state index in [2.05, 4.69) is 27.4 Å². The van der Waals surface area contributed by atoms with Gasteiger partial charge >= 0.3 is 0 Å². The van der Waals surface area contributed by atoms with Gasteiger partial charge in [-0.1, -0.05) is 39.5 Å². The molecule has 2 nitrogen and oxygen atoms in total. The van der Waals surface area contributed by atoms with Gasteiger partial charge in [-0.25, -0.2) is 0 Å². The summed E-state index contributed by atoms with van der Waals surface area (Å²) in [5, 5.41) is 9.02. The fourth-order valence-electron chi connectivity index (χ4n) is 1.34. The molecule has 94 valence electrons. The largest absolute Gasteiger partial charge is 0.513 e. The van der Waals surface area contributed by atoms with Crippen molar-refractivity contribution in [3.05, 3.63) is 42.2 Å². The van der Waals surface area contributed by atoms with E-state index in [4.69, 9.17) is 9.84 Å². The predicted octanol–water partition coefficient (Wildman–Crippen LogP) is 4.12. The van der Waals surface area contributed by atoms with Gasteiger partial charge in [0.15, 0.2) is 0 Å². The number of allylic oxidation sites excluding steroid dienone is 1. The molecule has 0 saturated heterocycles. The molecule has 17 heavy (non-hydrogen) atoms. The second-order valence-electron chi connectivity index (χ2n) is 5.56. The smallest absolute Gasteiger partial charge is 0.119 e. The van der Waals surface area contributed by atoms with E-state index in [1.54, 1.807) is 0 Å². The van der Waals surface area contributed by atoms with Crippen molar-refractivity contribution < 1.29 is 9.84 Å². The van der Waals surface area contributed by atoms with Crippen LogP contribution in [0.2, 0.25) is 0 Å². The Labute approximate surface area is 104 Å². The minimum Gasteiger partial charge on any atom is -0.513 e. The van der Waals surface area contributed by atoms with Gasteiger partial charge in [0, 0.05) is 6.42 Å². The highest BCUT2D eigenvalue weighted by atomic mass is 16.5. The van der Waals surface area contributed by atoms with E-state index in [0.29, 0.717) is 13.0 Å². The first-order chi connectivity index (χ1) is 7.87. The molecule has 0 aliphatic rings. The molecule has 0 saturated carbocycles. The summed E-state index contributed by atoms with van der Waals surface area (Å²) in [7, 11) is 0. The number of hydrogen-bond donors (Lipinski definition) is 1. The van der Waals surface area contributed by atoms with Crippen LogP contribution in [0.4, 0.5) is 0 Å². The maximum Gasteiger partial charge on any atom is 0.119 e. The van der Waals surface area contributed by atoms with Gasteiger partial charge in [0.05, 0.1) is 12.4 Å². The third-order valence-corrected chi connectivity index (χ3v) is 2.30. The van der Waals surface area contributed by atoms with Gasteiger partial charge in [-0.2, -0.15) is 0 Å². The lowest BCUT2D eigenvalue weighted by Crippen LogP contribution is -2.16. The zero-order valence-corrected chi connectivity index (χ0v) is 11.0. The summed E-state index contributed by atoms with van der Waals surface area (Å²) >= 11 is 0. The number of aliphatic hydroxyl groups excluding tert-OH is 1. The molecule has 0 bridgehead atoms. The molecule has 0 radical (unpaired) electrons. The highest BCUT2D eigenvalue weighted by Crippen LogP contribution is 2.18. The van der Waals surface area contributed by atoms with Crippen LogP contribution in [0.1, 0.15) is 32.8 Å². The van der Waals surface area contributed by atoms with E-state index in [1.807, 2.05) is 24.3 Å². The third-order valence-electron chi connectivity index (χ3n) is 2.30. The Balaban J connectivity index is 2.47. The van der Waals surface area contributed by atoms with Gasteiger partial charge in [0.1, 0.15) is 5.75 Å². The molecule has 0 atom stereocenters. The van der Waals surface area contributed by atoms with Crippen LogP contribution in [-0.2, 0) is 6.42 Å². The summed E-state index contributed by atoms with van der Waals surface area (Å²) in [6.07, 6.45) is 1.43. The predicted molar refractivity (Wildman–Crippen MR) is 71.5 cm³/mol. The van der Waals surface area contributed by atoms with Gasteiger partial charge < -0.3 is 9.84 Å². The zero-order valence-electron chi connectivity index (χ0n) is 11.0. The molecule has 1 aromatic carbocycles. The molecule has 0 unspecified atom stereocenters. The lowest BCUT2D eigenvalue weighted by Gasteiger charge is -2.18. The average molecular weight is 234 g/mol. The summed E-state index contributed by atoms with van der Waals surface area (Å²) in [6.45, 7) is 10.6. The highest BCUT2D eigenvalue weighted by Gasteiger charge is 2.10. The maximum atomic E-state index is 9.02. The topological polar surface area (TPSA) is 29.5 Å². The SMILES string of the molecule is C=C(O)CCc1ccc(OCC(C)(C)C)cc1. The lowest BCUT2D eigenvalue weighted by molar-refractivity contribution is 0.198. The van der Waals surface area contributed by atoms with Crippen LogP contribution in [0.15, 0.2) is 36.6 Å². The molecule has 1 N–H and O–H groups in total. The Hall–Kier alpha value is -1.44. The summed E-state index contributed by atoms with van der Waals surface area (Å²) in [4.78, 5) is 0. The van der Waals surface area contributed by atoms with Crippen molar-refractivity contribution in [3.8, 4) is 5.75 Å². The Bertz CT molecular complexity index is 358. The Morgan fingerprint density at radius 1 is 1.24 bits per heavy atom. The number of hydrogen-bond acceptors (Lipinski definition) is 2. The molecular formula is C15H22O2. The Morgan fingerprint density at radius 3 is 2.29 bits per heavy atom. The normalized spacial score (nSPS) is 11.2. The van der Waals surface area contributed by atoms with Crippen LogP contribution in [0.25, 0.3) is 0 Å². The molecule has 0 heterocycles. The molecule has 1 aromatic rings. The standard InChI is InChI=1S/C15H22O2/c1-12(16)5-6-13-7-9-14(10-8-13)17-11-15(2,3)4/h7-10,16H,1,5-6,11H2,2-4H3. The van der Waals surface area contributed by atoms with Gasteiger partial charge in [-0.05, 0) is 29.5 Å². The van der Waals surface area contributed by atoms with Crippen LogP contribution < -0.4 is 4.74 Å². The highest BCUT2D eigenvalue weighted by molar-refractivity contribution is 5.27. The Kier molecular flexibility index (Phi) is 4.62. The summed E-state index contributed by atoms with van der Waals surface area (Å²) < 4.78 is 5.68. The fraction of sp³-hybridized carbons (Fsp3) is 0.467. The van der Waals surface area contributed by atoms with Crippen molar-refractivity contribution in [2.24, 2.45) is 5.41 Å². The van der Waals surface area contributed by atoms with E-state index < -0.39 is 0 Å². The van der Waals surface area contributed by atoms with Crippen LogP contribution in [-0.4, -0.2) is 11.7 Å². The van der Waals surface area contributed by atoms with Crippen LogP contribution >= 0.6 is 0 Å². The number of ether oxygens (including phenoxy) is 1. The minimum absolute atomic E-state index is 0.174. The van der Waals surface area contributed by atoms with E-state index >= 15 is 0 Å². The second kappa shape index (κ2) is 5.76. The van der Waals surface area contributed by atoms with Gasteiger partial charge in [-0.3, -0.25) is 0 Å². The molecule has 0 aromatic heterocycles. The zero-order chi connectivity index (χ0) is 12.9.